The van der Waals surface area contributed by atoms with Gasteiger partial charge < -0.3 is 9.47 Å². The molecule has 1 aliphatic heterocycles. The molecule has 0 bridgehead atoms. The molecule has 5 rings (SSSR count). The Morgan fingerprint density at radius 3 is 2.28 bits per heavy atom. The highest BCUT2D eigenvalue weighted by Gasteiger charge is 2.50. The van der Waals surface area contributed by atoms with Crippen molar-refractivity contribution in [1.82, 2.24) is 0 Å². The summed E-state index contributed by atoms with van der Waals surface area (Å²) in [6.45, 7) is 0. The van der Waals surface area contributed by atoms with Gasteiger partial charge in [-0.2, -0.15) is 0 Å². The maximum Gasteiger partial charge on any atom is 0.338 e. The van der Waals surface area contributed by atoms with Crippen molar-refractivity contribution in [3.05, 3.63) is 108 Å². The Kier molecular flexibility index (Phi) is 7.08. The van der Waals surface area contributed by atoms with E-state index in [1.165, 1.54) is 0 Å². The number of hydrogen-bond acceptors (Lipinski definition) is 5. The Morgan fingerprint density at radius 2 is 1.56 bits per heavy atom. The van der Waals surface area contributed by atoms with E-state index in [0.717, 1.165) is 16.7 Å². The molecule has 36 heavy (non-hydrogen) atoms. The normalized spacial score (nSPS) is 22.8. The Bertz CT molecular complexity index is 1250. The van der Waals surface area contributed by atoms with E-state index in [2.05, 4.69) is 0 Å². The van der Waals surface area contributed by atoms with Crippen molar-refractivity contribution >= 4 is 17.7 Å². The highest BCUT2D eigenvalue weighted by atomic mass is 16.6. The van der Waals surface area contributed by atoms with Crippen molar-refractivity contribution in [2.45, 2.75) is 37.9 Å². The molecule has 0 spiro atoms. The second kappa shape index (κ2) is 10.7. The molecule has 5 heteroatoms. The number of esters is 2. The summed E-state index contributed by atoms with van der Waals surface area (Å²) in [6, 6.07) is 27.1. The quantitative estimate of drug-likeness (QED) is 0.311. The third-order valence-electron chi connectivity index (χ3n) is 7.04. The molecule has 0 N–H and O–H groups in total. The Balaban J connectivity index is 1.24. The van der Waals surface area contributed by atoms with Crippen LogP contribution in [0, 0.1) is 11.8 Å². The van der Waals surface area contributed by atoms with E-state index in [1.54, 1.807) is 18.2 Å². The fourth-order valence-corrected chi connectivity index (χ4v) is 5.14. The summed E-state index contributed by atoms with van der Waals surface area (Å²) in [5, 5.41) is 0. The van der Waals surface area contributed by atoms with Gasteiger partial charge in [-0.3, -0.25) is 9.59 Å². The molecule has 0 aromatic heterocycles. The van der Waals surface area contributed by atoms with E-state index < -0.39 is 12.1 Å². The number of carbonyl (C=O) groups is 3. The standard InChI is InChI=1S/C31H28O5/c32-25(16-11-21-7-3-1-4-8-21)17-18-26-27-19-30(33)35-29(27)20-28(26)36-31(34)24-14-12-23(13-15-24)22-9-5-2-6-10-22/h1-10,12-15,17-18,26-29H,11,16,19-20H2/t26-,27-,28-,29+/m1/s1. The van der Waals surface area contributed by atoms with Crippen LogP contribution in [0.1, 0.15) is 35.2 Å². The van der Waals surface area contributed by atoms with Crippen LogP contribution in [0.3, 0.4) is 0 Å². The minimum absolute atomic E-state index is 0.00845. The van der Waals surface area contributed by atoms with Gasteiger partial charge in [0, 0.05) is 24.7 Å². The first-order valence-electron chi connectivity index (χ1n) is 12.4. The van der Waals surface area contributed by atoms with Crippen molar-refractivity contribution in [2.24, 2.45) is 11.8 Å². The number of ether oxygens (including phenoxy) is 2. The number of carbonyl (C=O) groups excluding carboxylic acids is 3. The minimum atomic E-state index is -0.451. The second-order valence-electron chi connectivity index (χ2n) is 9.41. The number of hydrogen-bond donors (Lipinski definition) is 0. The van der Waals surface area contributed by atoms with Crippen molar-refractivity contribution in [3.63, 3.8) is 0 Å². The molecule has 0 radical (unpaired) electrons. The third kappa shape index (κ3) is 5.46. The van der Waals surface area contributed by atoms with Crippen LogP contribution in [0.25, 0.3) is 11.1 Å². The molecule has 1 heterocycles. The van der Waals surface area contributed by atoms with Crippen LogP contribution in [0.2, 0.25) is 0 Å². The van der Waals surface area contributed by atoms with Crippen molar-refractivity contribution < 1.29 is 23.9 Å². The number of fused-ring (bicyclic) bond motifs is 1. The lowest BCUT2D eigenvalue weighted by Gasteiger charge is -2.20. The van der Waals surface area contributed by atoms with Crippen LogP contribution in [-0.2, 0) is 25.5 Å². The molecule has 3 aromatic rings. The summed E-state index contributed by atoms with van der Waals surface area (Å²) in [5.41, 5.74) is 3.67. The van der Waals surface area contributed by atoms with Crippen molar-refractivity contribution in [2.75, 3.05) is 0 Å². The zero-order valence-electron chi connectivity index (χ0n) is 19.9. The average Bonchev–Trinajstić information content (AvgIpc) is 3.42. The summed E-state index contributed by atoms with van der Waals surface area (Å²) < 4.78 is 11.4. The van der Waals surface area contributed by atoms with Gasteiger partial charge in [0.15, 0.2) is 5.78 Å². The monoisotopic (exact) mass is 480 g/mol. The van der Waals surface area contributed by atoms with E-state index in [-0.39, 0.29) is 36.1 Å². The molecule has 2 aliphatic rings. The summed E-state index contributed by atoms with van der Waals surface area (Å²) >= 11 is 0. The topological polar surface area (TPSA) is 69.7 Å². The van der Waals surface area contributed by atoms with Gasteiger partial charge in [-0.1, -0.05) is 78.9 Å². The predicted molar refractivity (Wildman–Crippen MR) is 136 cm³/mol. The largest absolute Gasteiger partial charge is 0.462 e. The zero-order valence-corrected chi connectivity index (χ0v) is 19.9. The maximum absolute atomic E-state index is 13.0. The van der Waals surface area contributed by atoms with Gasteiger partial charge in [-0.05, 0) is 41.3 Å². The molecule has 0 unspecified atom stereocenters. The van der Waals surface area contributed by atoms with Gasteiger partial charge in [-0.15, -0.1) is 0 Å². The Morgan fingerprint density at radius 1 is 0.889 bits per heavy atom. The SMILES string of the molecule is O=C(C=C[C@@H]1[C@H]2CC(=O)O[C@H]2C[C@H]1OC(=O)c1ccc(-c2ccccc2)cc1)CCc1ccccc1. The highest BCUT2D eigenvalue weighted by Crippen LogP contribution is 2.43. The van der Waals surface area contributed by atoms with Crippen LogP contribution in [0.4, 0.5) is 0 Å². The van der Waals surface area contributed by atoms with E-state index in [1.807, 2.05) is 78.9 Å². The fourth-order valence-electron chi connectivity index (χ4n) is 5.14. The van der Waals surface area contributed by atoms with E-state index in [4.69, 9.17) is 9.47 Å². The lowest BCUT2D eigenvalue weighted by atomic mass is 9.91. The Hall–Kier alpha value is -3.99. The lowest BCUT2D eigenvalue weighted by molar-refractivity contribution is -0.141. The molecule has 1 saturated carbocycles. The number of allylic oxidation sites excluding steroid dienone is 1. The summed E-state index contributed by atoms with van der Waals surface area (Å²) in [6.07, 6.45) is 4.44. The Labute approximate surface area is 210 Å². The third-order valence-corrected chi connectivity index (χ3v) is 7.04. The molecule has 0 amide bonds. The number of aryl methyl sites for hydroxylation is 1. The van der Waals surface area contributed by atoms with Gasteiger partial charge in [0.05, 0.1) is 12.0 Å². The van der Waals surface area contributed by atoms with Gasteiger partial charge in [0.2, 0.25) is 0 Å². The minimum Gasteiger partial charge on any atom is -0.462 e. The van der Waals surface area contributed by atoms with Gasteiger partial charge >= 0.3 is 11.9 Å². The van der Waals surface area contributed by atoms with Crippen LogP contribution in [-0.4, -0.2) is 29.9 Å². The number of rotatable bonds is 8. The van der Waals surface area contributed by atoms with Crippen LogP contribution in [0.15, 0.2) is 97.1 Å². The average molecular weight is 481 g/mol. The predicted octanol–water partition coefficient (Wildman–Crippen LogP) is 5.59. The first-order chi connectivity index (χ1) is 17.6. The number of benzene rings is 3. The smallest absolute Gasteiger partial charge is 0.338 e. The fraction of sp³-hybridized carbons (Fsp3) is 0.258. The van der Waals surface area contributed by atoms with Crippen LogP contribution in [0.5, 0.6) is 0 Å². The van der Waals surface area contributed by atoms with Gasteiger partial charge in [0.1, 0.15) is 12.2 Å². The molecular formula is C31H28O5. The molecule has 1 saturated heterocycles. The van der Waals surface area contributed by atoms with Gasteiger partial charge in [-0.25, -0.2) is 4.79 Å². The van der Waals surface area contributed by atoms with E-state index in [0.29, 0.717) is 24.8 Å². The molecule has 2 fully saturated rings. The van der Waals surface area contributed by atoms with Crippen molar-refractivity contribution in [1.29, 1.82) is 0 Å². The molecule has 5 nitrogen and oxygen atoms in total. The van der Waals surface area contributed by atoms with E-state index in [9.17, 15) is 14.4 Å². The summed E-state index contributed by atoms with van der Waals surface area (Å²) in [4.78, 5) is 37.4. The van der Waals surface area contributed by atoms with Gasteiger partial charge in [0.25, 0.3) is 0 Å². The molecular weight excluding hydrogens is 452 g/mol. The van der Waals surface area contributed by atoms with Crippen LogP contribution >= 0.6 is 0 Å². The first-order valence-corrected chi connectivity index (χ1v) is 12.4. The second-order valence-corrected chi connectivity index (χ2v) is 9.41. The molecule has 1 aliphatic carbocycles. The summed E-state index contributed by atoms with van der Waals surface area (Å²) in [7, 11) is 0. The first kappa shape index (κ1) is 23.7. The number of ketones is 1. The highest BCUT2D eigenvalue weighted by molar-refractivity contribution is 5.91. The molecule has 182 valence electrons. The molecule has 4 atom stereocenters. The zero-order chi connectivity index (χ0) is 24.9. The van der Waals surface area contributed by atoms with Crippen molar-refractivity contribution in [3.8, 4) is 11.1 Å². The maximum atomic E-state index is 13.0. The lowest BCUT2D eigenvalue weighted by Crippen LogP contribution is -2.25. The summed E-state index contributed by atoms with van der Waals surface area (Å²) in [5.74, 6) is -0.975. The molecule has 3 aromatic carbocycles. The van der Waals surface area contributed by atoms with Crippen LogP contribution < -0.4 is 0 Å². The van der Waals surface area contributed by atoms with E-state index >= 15 is 0 Å².